The minimum absolute atomic E-state index is 0. The second kappa shape index (κ2) is 16.1. The van der Waals surface area contributed by atoms with Crippen molar-refractivity contribution in [3.05, 3.63) is 6.57 Å². The topological polar surface area (TPSA) is 84.5 Å². The van der Waals surface area contributed by atoms with Crippen LogP contribution < -0.4 is 29.6 Å². The average Bonchev–Trinajstić information content (AvgIpc) is 1.41. The Balaban J connectivity index is -0.0000000480. The van der Waals surface area contributed by atoms with Gasteiger partial charge in [-0.15, -0.1) is 0 Å². The van der Waals surface area contributed by atoms with Crippen LogP contribution in [0.2, 0.25) is 0 Å². The minimum atomic E-state index is -2.17. The molecule has 0 aromatic rings. The van der Waals surface area contributed by atoms with Gasteiger partial charge in [-0.25, -0.2) is 0 Å². The molecule has 0 aromatic heterocycles. The van der Waals surface area contributed by atoms with Crippen molar-refractivity contribution >= 4 is 7.32 Å². The van der Waals surface area contributed by atoms with Gasteiger partial charge in [-0.3, -0.25) is 0 Å². The first-order valence-corrected chi connectivity index (χ1v) is 0.998. The van der Waals surface area contributed by atoms with Gasteiger partial charge < -0.3 is 26.9 Å². The van der Waals surface area contributed by atoms with Gasteiger partial charge in [0.25, 0.3) is 0 Å². The summed E-state index contributed by atoms with van der Waals surface area (Å²) in [6, 6.07) is 0. The standard InChI is InChI=1S/CN.BH3O3.Na/c1-2;2-1(3)4;/h;2-4H;/q-1;;+1. The van der Waals surface area contributed by atoms with Crippen LogP contribution in [0.15, 0.2) is 0 Å². The van der Waals surface area contributed by atoms with E-state index >= 15 is 0 Å². The smallest absolute Gasteiger partial charge is 0.512 e. The van der Waals surface area contributed by atoms with Gasteiger partial charge in [0, 0.05) is 0 Å². The van der Waals surface area contributed by atoms with E-state index in [1.807, 2.05) is 0 Å². The molecular formula is CH3BNNaO3. The van der Waals surface area contributed by atoms with Crippen molar-refractivity contribution in [2.24, 2.45) is 0 Å². The number of hydrogen-bond donors (Lipinski definition) is 3. The summed E-state index contributed by atoms with van der Waals surface area (Å²) in [4.78, 5) is 0. The monoisotopic (exact) mass is 111 g/mol. The summed E-state index contributed by atoms with van der Waals surface area (Å²) >= 11 is 0. The average molecular weight is 111 g/mol. The van der Waals surface area contributed by atoms with Crippen LogP contribution in [0.4, 0.5) is 0 Å². The zero-order chi connectivity index (χ0) is 5.58. The summed E-state index contributed by atoms with van der Waals surface area (Å²) in [5.41, 5.74) is 0. The minimum Gasteiger partial charge on any atom is -0.512 e. The first kappa shape index (κ1) is 15.7. The Bertz CT molecular complexity index is 36.4. The molecule has 0 unspecified atom stereocenters. The van der Waals surface area contributed by atoms with Crippen molar-refractivity contribution in [1.29, 1.82) is 5.26 Å². The zero-order valence-corrected chi connectivity index (χ0v) is 5.87. The summed E-state index contributed by atoms with van der Waals surface area (Å²) in [5, 5.41) is 27.8. The molecule has 0 aliphatic heterocycles. The summed E-state index contributed by atoms with van der Waals surface area (Å²) < 4.78 is 0. The predicted molar refractivity (Wildman–Crippen MR) is 17.4 cm³/mol. The van der Waals surface area contributed by atoms with Gasteiger partial charge in [0.2, 0.25) is 0 Å². The van der Waals surface area contributed by atoms with Crippen molar-refractivity contribution in [2.75, 3.05) is 0 Å². The van der Waals surface area contributed by atoms with E-state index in [0.29, 0.717) is 0 Å². The molecule has 0 saturated heterocycles. The van der Waals surface area contributed by atoms with Gasteiger partial charge in [-0.1, -0.05) is 0 Å². The third-order valence-electron chi connectivity index (χ3n) is 0. The summed E-state index contributed by atoms with van der Waals surface area (Å²) in [6.45, 7) is 4.75. The molecule has 0 spiro atoms. The Labute approximate surface area is 63.9 Å². The van der Waals surface area contributed by atoms with Crippen LogP contribution in [0.1, 0.15) is 0 Å². The van der Waals surface area contributed by atoms with Crippen molar-refractivity contribution in [3.63, 3.8) is 0 Å². The van der Waals surface area contributed by atoms with E-state index in [2.05, 4.69) is 0 Å². The first-order chi connectivity index (χ1) is 2.73. The van der Waals surface area contributed by atoms with E-state index in [9.17, 15) is 0 Å². The Kier molecular flexibility index (Phi) is 36.0. The van der Waals surface area contributed by atoms with E-state index in [4.69, 9.17) is 26.9 Å². The SMILES string of the molecule is OB(O)O.[C-]#N.[Na+]. The molecule has 0 heterocycles. The second-order valence-corrected chi connectivity index (χ2v) is 0.346. The summed E-state index contributed by atoms with van der Waals surface area (Å²) in [6.07, 6.45) is 0. The van der Waals surface area contributed by atoms with Crippen LogP contribution in [-0.2, 0) is 0 Å². The fraction of sp³-hybridized carbons (Fsp3) is 0. The number of hydrogen-bond acceptors (Lipinski definition) is 4. The van der Waals surface area contributed by atoms with Gasteiger partial charge in [0.15, 0.2) is 0 Å². The molecule has 0 fully saturated rings. The van der Waals surface area contributed by atoms with E-state index < -0.39 is 7.32 Å². The van der Waals surface area contributed by atoms with Crippen LogP contribution in [0.5, 0.6) is 0 Å². The van der Waals surface area contributed by atoms with Gasteiger partial charge in [0.05, 0.1) is 0 Å². The van der Waals surface area contributed by atoms with E-state index in [1.54, 1.807) is 0 Å². The van der Waals surface area contributed by atoms with Gasteiger partial charge >= 0.3 is 36.9 Å². The fourth-order valence-electron chi connectivity index (χ4n) is 0. The summed E-state index contributed by atoms with van der Waals surface area (Å²) in [5.74, 6) is 0. The molecular weight excluding hydrogens is 108 g/mol. The first-order valence-electron chi connectivity index (χ1n) is 0.998. The Morgan fingerprint density at radius 2 is 1.14 bits per heavy atom. The fourth-order valence-corrected chi connectivity index (χ4v) is 0. The Hall–Kier alpha value is 0.435. The molecule has 0 atom stereocenters. The largest absolute Gasteiger partial charge is 1.00 e. The summed E-state index contributed by atoms with van der Waals surface area (Å²) in [7, 11) is -2.17. The maximum Gasteiger partial charge on any atom is 1.00 e. The molecule has 34 valence electrons. The third kappa shape index (κ3) is 669. The molecule has 0 aliphatic rings. The normalized spacial score (nSPS) is 4.14. The van der Waals surface area contributed by atoms with Crippen molar-refractivity contribution in [1.82, 2.24) is 0 Å². The molecule has 3 N–H and O–H groups in total. The van der Waals surface area contributed by atoms with Gasteiger partial charge in [0.1, 0.15) is 0 Å². The second-order valence-electron chi connectivity index (χ2n) is 0.346. The molecule has 4 nitrogen and oxygen atoms in total. The predicted octanol–water partition coefficient (Wildman–Crippen LogP) is -4.95. The van der Waals surface area contributed by atoms with Crippen molar-refractivity contribution in [2.45, 2.75) is 0 Å². The van der Waals surface area contributed by atoms with Crippen LogP contribution in [0.3, 0.4) is 0 Å². The molecule has 0 saturated carbocycles. The van der Waals surface area contributed by atoms with E-state index in [1.165, 1.54) is 0 Å². The zero-order valence-electron chi connectivity index (χ0n) is 3.87. The van der Waals surface area contributed by atoms with Crippen LogP contribution in [-0.4, -0.2) is 22.4 Å². The van der Waals surface area contributed by atoms with Crippen LogP contribution in [0.25, 0.3) is 0 Å². The molecule has 0 aromatic carbocycles. The Morgan fingerprint density at radius 3 is 1.14 bits per heavy atom. The van der Waals surface area contributed by atoms with Crippen LogP contribution >= 0.6 is 0 Å². The van der Waals surface area contributed by atoms with Crippen molar-refractivity contribution < 1.29 is 44.6 Å². The van der Waals surface area contributed by atoms with E-state index in [0.717, 1.165) is 0 Å². The van der Waals surface area contributed by atoms with Crippen molar-refractivity contribution in [3.8, 4) is 0 Å². The molecule has 7 heavy (non-hydrogen) atoms. The Morgan fingerprint density at radius 1 is 1.14 bits per heavy atom. The molecule has 0 radical (unpaired) electrons. The van der Waals surface area contributed by atoms with Gasteiger partial charge in [-0.2, -0.15) is 0 Å². The molecule has 0 rings (SSSR count). The van der Waals surface area contributed by atoms with E-state index in [-0.39, 0.29) is 29.6 Å². The molecule has 6 heteroatoms. The third-order valence-corrected chi connectivity index (χ3v) is 0. The number of nitrogens with zero attached hydrogens (tertiary/aromatic N) is 1. The quantitative estimate of drug-likeness (QED) is 0.216. The molecule has 0 amide bonds. The van der Waals surface area contributed by atoms with Gasteiger partial charge in [-0.05, 0) is 0 Å². The maximum absolute atomic E-state index is 7.17. The number of rotatable bonds is 0. The molecule has 0 bridgehead atoms. The maximum atomic E-state index is 7.17. The molecule has 0 aliphatic carbocycles. The van der Waals surface area contributed by atoms with Crippen LogP contribution in [0, 0.1) is 11.8 Å².